The zero-order valence-electron chi connectivity index (χ0n) is 12.1. The summed E-state index contributed by atoms with van der Waals surface area (Å²) in [7, 11) is 3.70. The molecule has 0 saturated heterocycles. The van der Waals surface area contributed by atoms with Crippen molar-refractivity contribution in [2.75, 3.05) is 14.1 Å². The first-order chi connectivity index (χ1) is 10.0. The van der Waals surface area contributed by atoms with Crippen LogP contribution in [0, 0.1) is 0 Å². The maximum absolute atomic E-state index is 12.4. The van der Waals surface area contributed by atoms with Gasteiger partial charge in [-0.05, 0) is 29.5 Å². The van der Waals surface area contributed by atoms with Crippen molar-refractivity contribution >= 4 is 27.3 Å². The van der Waals surface area contributed by atoms with Gasteiger partial charge in [0.1, 0.15) is 0 Å². The molecule has 0 aliphatic rings. The van der Waals surface area contributed by atoms with E-state index in [0.717, 1.165) is 5.69 Å². The Morgan fingerprint density at radius 1 is 1.33 bits per heavy atom. The number of nitrogens with zero attached hydrogens (tertiary/aromatic N) is 5. The predicted molar refractivity (Wildman–Crippen MR) is 84.2 cm³/mol. The fourth-order valence-electron chi connectivity index (χ4n) is 1.80. The lowest BCUT2D eigenvalue weighted by Crippen LogP contribution is -2.18. The van der Waals surface area contributed by atoms with E-state index >= 15 is 0 Å². The lowest BCUT2D eigenvalue weighted by atomic mass is 10.1. The number of halogens is 1. The Kier molecular flexibility index (Phi) is 4.85. The number of hydrogen-bond donors (Lipinski definition) is 0. The molecule has 21 heavy (non-hydrogen) atoms. The molecule has 0 saturated carbocycles. The highest BCUT2D eigenvalue weighted by Gasteiger charge is 2.23. The number of para-hydroxylation sites is 1. The van der Waals surface area contributed by atoms with Gasteiger partial charge in [-0.15, -0.1) is 5.10 Å². The van der Waals surface area contributed by atoms with Crippen LogP contribution in [0.15, 0.2) is 36.5 Å². The van der Waals surface area contributed by atoms with Gasteiger partial charge in [0.05, 0.1) is 16.1 Å². The molecule has 0 spiro atoms. The highest BCUT2D eigenvalue weighted by Crippen LogP contribution is 2.20. The van der Waals surface area contributed by atoms with Crippen LogP contribution < -0.4 is 0 Å². The van der Waals surface area contributed by atoms with Crippen LogP contribution >= 0.6 is 15.9 Å². The fourth-order valence-corrected chi connectivity index (χ4v) is 2.05. The van der Waals surface area contributed by atoms with E-state index in [1.165, 1.54) is 0 Å². The molecular weight excluding hydrogens is 334 g/mol. The zero-order chi connectivity index (χ0) is 15.4. The largest absolute Gasteiger partial charge is 0.383 e. The first-order valence-corrected chi connectivity index (χ1v) is 7.33. The zero-order valence-corrected chi connectivity index (χ0v) is 13.6. The molecule has 0 amide bonds. The van der Waals surface area contributed by atoms with Gasteiger partial charge in [0.2, 0.25) is 0 Å². The van der Waals surface area contributed by atoms with E-state index in [-0.39, 0.29) is 10.6 Å². The van der Waals surface area contributed by atoms with Gasteiger partial charge in [-0.1, -0.05) is 34.1 Å². The number of benzene rings is 1. The molecule has 2 aromatic rings. The fraction of sp³-hybridized carbons (Fsp3) is 0.286. The molecule has 1 aromatic carbocycles. The molecule has 0 radical (unpaired) electrons. The van der Waals surface area contributed by atoms with Crippen molar-refractivity contribution in [1.82, 2.24) is 25.1 Å². The standard InChI is InChI=1S/C14H16BrN5O/c1-10(15)13(21)12(9-19(2)3)14-16-17-18-20(14)11-7-5-4-6-8-11/h4-10H,1-3H3/b12-9-. The molecule has 7 heteroatoms. The van der Waals surface area contributed by atoms with Crippen LogP contribution in [0.4, 0.5) is 0 Å². The number of rotatable bonds is 5. The van der Waals surface area contributed by atoms with Crippen LogP contribution in [0.3, 0.4) is 0 Å². The van der Waals surface area contributed by atoms with Crippen LogP contribution in [-0.4, -0.2) is 49.8 Å². The van der Waals surface area contributed by atoms with Crippen molar-refractivity contribution in [2.24, 2.45) is 0 Å². The van der Waals surface area contributed by atoms with Crippen LogP contribution in [0.2, 0.25) is 0 Å². The number of alkyl halides is 1. The summed E-state index contributed by atoms with van der Waals surface area (Å²) < 4.78 is 1.56. The van der Waals surface area contributed by atoms with E-state index in [0.29, 0.717) is 11.4 Å². The van der Waals surface area contributed by atoms with Gasteiger partial charge in [-0.25, -0.2) is 0 Å². The van der Waals surface area contributed by atoms with E-state index in [1.54, 1.807) is 22.7 Å². The third kappa shape index (κ3) is 3.55. The highest BCUT2D eigenvalue weighted by atomic mass is 79.9. The van der Waals surface area contributed by atoms with Gasteiger partial charge in [0.25, 0.3) is 0 Å². The Morgan fingerprint density at radius 2 is 2.00 bits per heavy atom. The summed E-state index contributed by atoms with van der Waals surface area (Å²) in [5.74, 6) is 0.349. The monoisotopic (exact) mass is 349 g/mol. The summed E-state index contributed by atoms with van der Waals surface area (Å²) in [6.07, 6.45) is 1.73. The van der Waals surface area contributed by atoms with Crippen molar-refractivity contribution < 1.29 is 4.79 Å². The number of aromatic nitrogens is 4. The van der Waals surface area contributed by atoms with Crippen molar-refractivity contribution in [2.45, 2.75) is 11.8 Å². The molecule has 110 valence electrons. The summed E-state index contributed by atoms with van der Waals surface area (Å²) in [5.41, 5.74) is 1.26. The second-order valence-electron chi connectivity index (χ2n) is 4.74. The van der Waals surface area contributed by atoms with Gasteiger partial charge in [0, 0.05) is 20.3 Å². The first-order valence-electron chi connectivity index (χ1n) is 6.41. The van der Waals surface area contributed by atoms with Crippen molar-refractivity contribution in [3.05, 3.63) is 42.4 Å². The molecule has 0 aliphatic carbocycles. The predicted octanol–water partition coefficient (Wildman–Crippen LogP) is 1.92. The van der Waals surface area contributed by atoms with Gasteiger partial charge < -0.3 is 4.90 Å². The first kappa shape index (κ1) is 15.4. The summed E-state index contributed by atoms with van der Waals surface area (Å²) in [6.45, 7) is 1.78. The molecular formula is C14H16BrN5O. The highest BCUT2D eigenvalue weighted by molar-refractivity contribution is 9.10. The topological polar surface area (TPSA) is 63.9 Å². The smallest absolute Gasteiger partial charge is 0.192 e. The number of carbonyl (C=O) groups is 1. The molecule has 0 fully saturated rings. The number of Topliss-reactive ketones (excluding diaryl/α,β-unsaturated/α-hetero) is 1. The van der Waals surface area contributed by atoms with Gasteiger partial charge >= 0.3 is 0 Å². The van der Waals surface area contributed by atoms with Gasteiger partial charge in [0.15, 0.2) is 11.6 Å². The Hall–Kier alpha value is -2.02. The minimum absolute atomic E-state index is 0.0734. The number of ketones is 1. The normalized spacial score (nSPS) is 13.0. The van der Waals surface area contributed by atoms with Crippen molar-refractivity contribution in [3.63, 3.8) is 0 Å². The number of allylic oxidation sites excluding steroid dienone is 1. The summed E-state index contributed by atoms with van der Waals surface area (Å²) in [5, 5.41) is 11.7. The third-order valence-corrected chi connectivity index (χ3v) is 3.14. The Bertz CT molecular complexity index is 648. The van der Waals surface area contributed by atoms with E-state index in [1.807, 2.05) is 44.4 Å². The Labute approximate surface area is 131 Å². The Morgan fingerprint density at radius 3 is 2.57 bits per heavy atom. The van der Waals surface area contributed by atoms with E-state index < -0.39 is 0 Å². The molecule has 6 nitrogen and oxygen atoms in total. The van der Waals surface area contributed by atoms with Crippen LogP contribution in [0.5, 0.6) is 0 Å². The second-order valence-corrected chi connectivity index (χ2v) is 6.11. The van der Waals surface area contributed by atoms with Crippen molar-refractivity contribution in [1.29, 1.82) is 0 Å². The van der Waals surface area contributed by atoms with Crippen LogP contribution in [0.1, 0.15) is 12.7 Å². The lowest BCUT2D eigenvalue weighted by molar-refractivity contribution is -0.113. The van der Waals surface area contributed by atoms with Gasteiger partial charge in [-0.3, -0.25) is 4.79 Å². The number of tetrazole rings is 1. The summed E-state index contributed by atoms with van der Waals surface area (Å²) in [4.78, 5) is 13.9. The average molecular weight is 350 g/mol. The van der Waals surface area contributed by atoms with Gasteiger partial charge in [-0.2, -0.15) is 4.68 Å². The molecule has 1 heterocycles. The maximum Gasteiger partial charge on any atom is 0.192 e. The second kappa shape index (κ2) is 6.62. The molecule has 0 N–H and O–H groups in total. The minimum Gasteiger partial charge on any atom is -0.383 e. The third-order valence-electron chi connectivity index (χ3n) is 2.73. The maximum atomic E-state index is 12.4. The van der Waals surface area contributed by atoms with E-state index in [9.17, 15) is 4.79 Å². The van der Waals surface area contributed by atoms with Crippen molar-refractivity contribution in [3.8, 4) is 5.69 Å². The molecule has 1 atom stereocenters. The summed E-state index contributed by atoms with van der Waals surface area (Å²) in [6, 6.07) is 9.47. The van der Waals surface area contributed by atoms with E-state index in [2.05, 4.69) is 31.5 Å². The molecule has 2 rings (SSSR count). The Balaban J connectivity index is 2.53. The number of carbonyl (C=O) groups excluding carboxylic acids is 1. The number of hydrogen-bond acceptors (Lipinski definition) is 5. The quantitative estimate of drug-likeness (QED) is 0.609. The lowest BCUT2D eigenvalue weighted by Gasteiger charge is -2.12. The van der Waals surface area contributed by atoms with Crippen LogP contribution in [-0.2, 0) is 4.79 Å². The average Bonchev–Trinajstić information content (AvgIpc) is 2.93. The summed E-state index contributed by atoms with van der Waals surface area (Å²) >= 11 is 3.31. The molecule has 0 aliphatic heterocycles. The minimum atomic E-state index is -0.315. The molecule has 0 bridgehead atoms. The van der Waals surface area contributed by atoms with E-state index in [4.69, 9.17) is 0 Å². The molecule has 1 aromatic heterocycles. The SMILES string of the molecule is CC(Br)C(=O)/C(=C/N(C)C)c1nnnn1-c1ccccc1. The van der Waals surface area contributed by atoms with Crippen LogP contribution in [0.25, 0.3) is 11.3 Å². The molecule has 1 unspecified atom stereocenters.